The van der Waals surface area contributed by atoms with E-state index in [4.69, 9.17) is 4.74 Å². The fourth-order valence-corrected chi connectivity index (χ4v) is 2.64. The molecule has 0 saturated heterocycles. The number of nitrogens with zero attached hydrogens (tertiary/aromatic N) is 2. The molecule has 0 saturated carbocycles. The van der Waals surface area contributed by atoms with Gasteiger partial charge in [0.25, 0.3) is 5.91 Å². The quantitative estimate of drug-likeness (QED) is 0.625. The fourth-order valence-electron chi connectivity index (χ4n) is 2.64. The molecule has 0 radical (unpaired) electrons. The third kappa shape index (κ3) is 5.78. The topological polar surface area (TPSA) is 93.2 Å². The van der Waals surface area contributed by atoms with Gasteiger partial charge in [0.2, 0.25) is 12.0 Å². The molecule has 31 heavy (non-hydrogen) atoms. The summed E-state index contributed by atoms with van der Waals surface area (Å²) in [5.74, 6) is -0.944. The summed E-state index contributed by atoms with van der Waals surface area (Å²) in [6.07, 6.45) is -4.32. The Labute approximate surface area is 175 Å². The summed E-state index contributed by atoms with van der Waals surface area (Å²) in [5, 5.41) is 4.48. The first-order chi connectivity index (χ1) is 14.7. The Kier molecular flexibility index (Phi) is 6.49. The largest absolute Gasteiger partial charge is 0.460 e. The number of pyridine rings is 2. The summed E-state index contributed by atoms with van der Waals surface area (Å²) >= 11 is 0. The second kappa shape index (κ2) is 9.24. The summed E-state index contributed by atoms with van der Waals surface area (Å²) in [6.45, 7) is 1.49. The molecule has 2 aromatic heterocycles. The summed E-state index contributed by atoms with van der Waals surface area (Å²) < 4.78 is 45.6. The number of urea groups is 1. The number of aromatic nitrogens is 2. The average molecular weight is 430 g/mol. The van der Waals surface area contributed by atoms with Crippen LogP contribution in [0.3, 0.4) is 0 Å². The number of hydrogen-bond donors (Lipinski definition) is 2. The van der Waals surface area contributed by atoms with Crippen LogP contribution in [0.1, 0.15) is 27.7 Å². The van der Waals surface area contributed by atoms with Crippen LogP contribution in [-0.2, 0) is 0 Å². The summed E-state index contributed by atoms with van der Waals surface area (Å²) in [5.41, 5.74) is 0.416. The van der Waals surface area contributed by atoms with Gasteiger partial charge in [0.05, 0.1) is 11.9 Å². The van der Waals surface area contributed by atoms with E-state index in [9.17, 15) is 22.8 Å². The molecule has 0 aliphatic heterocycles. The number of amides is 3. The molecule has 3 rings (SSSR count). The van der Waals surface area contributed by atoms with Crippen LogP contribution in [0.25, 0.3) is 0 Å². The number of halogens is 3. The summed E-state index contributed by atoms with van der Waals surface area (Å²) in [4.78, 5) is 31.7. The molecule has 0 aliphatic rings. The minimum atomic E-state index is -4.65. The van der Waals surface area contributed by atoms with Crippen molar-refractivity contribution in [3.05, 3.63) is 83.8 Å². The van der Waals surface area contributed by atoms with E-state index in [1.807, 2.05) is 0 Å². The number of hydrogen-bond acceptors (Lipinski definition) is 5. The van der Waals surface area contributed by atoms with Crippen molar-refractivity contribution >= 4 is 17.6 Å². The van der Waals surface area contributed by atoms with Crippen molar-refractivity contribution in [1.29, 1.82) is 0 Å². The molecule has 160 valence electrons. The molecule has 0 bridgehead atoms. The first-order valence-corrected chi connectivity index (χ1v) is 9.02. The summed E-state index contributed by atoms with van der Waals surface area (Å²) in [6, 6.07) is 12.4. The van der Waals surface area contributed by atoms with Gasteiger partial charge in [-0.1, -0.05) is 36.4 Å². The van der Waals surface area contributed by atoms with E-state index in [2.05, 4.69) is 20.6 Å². The lowest BCUT2D eigenvalue weighted by Crippen LogP contribution is -2.34. The van der Waals surface area contributed by atoms with Crippen molar-refractivity contribution in [2.45, 2.75) is 19.2 Å². The van der Waals surface area contributed by atoms with E-state index in [0.29, 0.717) is 0 Å². The highest BCUT2D eigenvalue weighted by Crippen LogP contribution is 2.37. The molecule has 3 amide bonds. The molecule has 3 aromatic rings. The lowest BCUT2D eigenvalue weighted by molar-refractivity contribution is -0.198. The number of aryl methyl sites for hydroxylation is 1. The van der Waals surface area contributed by atoms with Gasteiger partial charge in [-0.2, -0.15) is 13.2 Å². The normalized spacial score (nSPS) is 12.0. The van der Waals surface area contributed by atoms with Gasteiger partial charge in [-0.3, -0.25) is 15.1 Å². The average Bonchev–Trinajstić information content (AvgIpc) is 2.73. The van der Waals surface area contributed by atoms with E-state index < -0.39 is 24.2 Å². The highest BCUT2D eigenvalue weighted by atomic mass is 19.4. The molecule has 0 spiro atoms. The maximum absolute atomic E-state index is 13.5. The Morgan fingerprint density at radius 1 is 1.03 bits per heavy atom. The van der Waals surface area contributed by atoms with Crippen LogP contribution < -0.4 is 15.4 Å². The number of rotatable bonds is 5. The zero-order valence-corrected chi connectivity index (χ0v) is 16.2. The zero-order chi connectivity index (χ0) is 22.4. The first-order valence-electron chi connectivity index (χ1n) is 9.02. The van der Waals surface area contributed by atoms with Gasteiger partial charge in [0.1, 0.15) is 5.69 Å². The number of anilines is 1. The van der Waals surface area contributed by atoms with Gasteiger partial charge in [0, 0.05) is 17.3 Å². The van der Waals surface area contributed by atoms with Gasteiger partial charge in [-0.15, -0.1) is 0 Å². The molecular formula is C21H17F3N4O3. The molecule has 0 aliphatic carbocycles. The Bertz CT molecular complexity index is 1060. The van der Waals surface area contributed by atoms with Gasteiger partial charge in [-0.05, 0) is 25.1 Å². The van der Waals surface area contributed by atoms with Crippen molar-refractivity contribution in [3.63, 3.8) is 0 Å². The number of carbonyl (C=O) groups is 2. The minimum Gasteiger partial charge on any atom is -0.460 e. The second-order valence-corrected chi connectivity index (χ2v) is 6.42. The molecule has 2 heterocycles. The third-order valence-electron chi connectivity index (χ3n) is 4.04. The van der Waals surface area contributed by atoms with Crippen LogP contribution in [0.2, 0.25) is 0 Å². The molecule has 2 N–H and O–H groups in total. The number of ether oxygens (including phenoxy) is 1. The van der Waals surface area contributed by atoms with Crippen LogP contribution in [0.15, 0.2) is 67.0 Å². The molecule has 1 unspecified atom stereocenters. The SMILES string of the molecule is Cc1cc(NC(=O)NC(=O)c2ccccn2)cnc1OC(c1ccccc1)C(F)(F)F. The van der Waals surface area contributed by atoms with Crippen molar-refractivity contribution in [3.8, 4) is 5.88 Å². The van der Waals surface area contributed by atoms with Crippen LogP contribution in [0.5, 0.6) is 5.88 Å². The number of alkyl halides is 3. The van der Waals surface area contributed by atoms with Crippen LogP contribution in [0.4, 0.5) is 23.7 Å². The standard InChI is InChI=1S/C21H17F3N4O3/c1-13-11-15(27-20(30)28-18(29)16-9-5-6-10-25-16)12-26-19(13)31-17(21(22,23)24)14-7-3-2-4-8-14/h2-12,17H,1H3,(H2,27,28,29,30). The van der Waals surface area contributed by atoms with E-state index >= 15 is 0 Å². The maximum atomic E-state index is 13.5. The highest BCUT2D eigenvalue weighted by molar-refractivity contribution is 6.07. The van der Waals surface area contributed by atoms with Crippen LogP contribution >= 0.6 is 0 Å². The number of nitrogens with one attached hydrogen (secondary N) is 2. The number of carbonyl (C=O) groups excluding carboxylic acids is 2. The first kappa shape index (κ1) is 21.8. The van der Waals surface area contributed by atoms with Crippen molar-refractivity contribution in [2.24, 2.45) is 0 Å². The highest BCUT2D eigenvalue weighted by Gasteiger charge is 2.43. The van der Waals surface area contributed by atoms with Crippen molar-refractivity contribution < 1.29 is 27.5 Å². The molecule has 1 aromatic carbocycles. The minimum absolute atomic E-state index is 0.0507. The monoisotopic (exact) mass is 430 g/mol. The number of imide groups is 1. The molecule has 7 nitrogen and oxygen atoms in total. The predicted molar refractivity (Wildman–Crippen MR) is 106 cm³/mol. The number of benzene rings is 1. The van der Waals surface area contributed by atoms with Gasteiger partial charge >= 0.3 is 12.2 Å². The molecular weight excluding hydrogens is 413 g/mol. The summed E-state index contributed by atoms with van der Waals surface area (Å²) in [7, 11) is 0. The zero-order valence-electron chi connectivity index (χ0n) is 16.2. The lowest BCUT2D eigenvalue weighted by Gasteiger charge is -2.22. The Morgan fingerprint density at radius 3 is 2.35 bits per heavy atom. The fraction of sp³-hybridized carbons (Fsp3) is 0.143. The smallest absolute Gasteiger partial charge is 0.429 e. The van der Waals surface area contributed by atoms with Gasteiger partial charge < -0.3 is 10.1 Å². The van der Waals surface area contributed by atoms with Crippen molar-refractivity contribution in [1.82, 2.24) is 15.3 Å². The molecule has 1 atom stereocenters. The van der Waals surface area contributed by atoms with Crippen LogP contribution in [0, 0.1) is 6.92 Å². The van der Waals surface area contributed by atoms with Gasteiger partial charge in [-0.25, -0.2) is 9.78 Å². The van der Waals surface area contributed by atoms with E-state index in [1.165, 1.54) is 49.5 Å². The van der Waals surface area contributed by atoms with Crippen molar-refractivity contribution in [2.75, 3.05) is 5.32 Å². The Hall–Kier alpha value is -3.95. The van der Waals surface area contributed by atoms with E-state index in [0.717, 1.165) is 6.20 Å². The third-order valence-corrected chi connectivity index (χ3v) is 4.04. The van der Waals surface area contributed by atoms with Crippen LogP contribution in [-0.4, -0.2) is 28.1 Å². The maximum Gasteiger partial charge on any atom is 0.429 e. The Balaban J connectivity index is 1.69. The Morgan fingerprint density at radius 2 is 1.74 bits per heavy atom. The van der Waals surface area contributed by atoms with E-state index in [1.54, 1.807) is 18.2 Å². The lowest BCUT2D eigenvalue weighted by atomic mass is 10.1. The molecule has 10 heteroatoms. The predicted octanol–water partition coefficient (Wildman–Crippen LogP) is 4.43. The van der Waals surface area contributed by atoms with Gasteiger partial charge in [0.15, 0.2) is 0 Å². The molecule has 0 fully saturated rings. The van der Waals surface area contributed by atoms with E-state index in [-0.39, 0.29) is 28.4 Å². The second-order valence-electron chi connectivity index (χ2n) is 6.42.